The zero-order chi connectivity index (χ0) is 63.5. The molecule has 7 atom stereocenters. The Bertz CT molecular complexity index is 3070. The molecule has 462 valence electrons. The Morgan fingerprint density at radius 1 is 0.506 bits per heavy atom. The summed E-state index contributed by atoms with van der Waals surface area (Å²) in [6.45, 7) is 12.0. The van der Waals surface area contributed by atoms with E-state index in [1.807, 2.05) is 174 Å². The number of hydrogen-bond donors (Lipinski definition) is 8. The van der Waals surface area contributed by atoms with E-state index in [1.165, 1.54) is 25.8 Å². The number of anilines is 1. The molecule has 6 rings (SSSR count). The molecule has 9 N–H and O–H groups in total. The lowest BCUT2D eigenvalue weighted by molar-refractivity contribution is -0.145. The van der Waals surface area contributed by atoms with Crippen LogP contribution in [0.5, 0.6) is 0 Å². The number of amides is 6. The molecule has 0 aliphatic heterocycles. The fraction of sp³-hybridized carbons (Fsp3) is 0.362. The summed E-state index contributed by atoms with van der Waals surface area (Å²) in [7, 11) is 1.25. The molecule has 0 saturated carbocycles. The Balaban J connectivity index is 0.00000334. The number of thioether (sulfide) groups is 1. The minimum absolute atomic E-state index is 0.0254. The van der Waals surface area contributed by atoms with Gasteiger partial charge in [0.15, 0.2) is 0 Å². The van der Waals surface area contributed by atoms with Crippen molar-refractivity contribution in [3.8, 4) is 0 Å². The zero-order valence-corrected chi connectivity index (χ0v) is 51.9. The van der Waals surface area contributed by atoms with Crippen molar-refractivity contribution in [1.82, 2.24) is 31.9 Å². The topological polar surface area (TPSA) is 264 Å². The van der Waals surface area contributed by atoms with Crippen LogP contribution in [-0.4, -0.2) is 102 Å². The molecular formula is C69H85N7O10S. The van der Waals surface area contributed by atoms with Gasteiger partial charge in [0.2, 0.25) is 35.4 Å². The number of aliphatic carboxylic acids is 1. The van der Waals surface area contributed by atoms with Gasteiger partial charge in [0.25, 0.3) is 5.97 Å². The summed E-state index contributed by atoms with van der Waals surface area (Å²) in [5, 5.41) is 24.9. The third-order valence-corrected chi connectivity index (χ3v) is 16.5. The lowest BCUT2D eigenvalue weighted by Crippen LogP contribution is -2.61. The first-order valence-corrected chi connectivity index (χ1v) is 30.5. The molecule has 6 aromatic rings. The molecule has 17 nitrogen and oxygen atoms in total. The van der Waals surface area contributed by atoms with Gasteiger partial charge in [-0.15, -0.1) is 11.8 Å². The summed E-state index contributed by atoms with van der Waals surface area (Å²) in [4.78, 5) is 109. The van der Waals surface area contributed by atoms with Gasteiger partial charge in [-0.25, -0.2) is 4.79 Å². The van der Waals surface area contributed by atoms with Gasteiger partial charge in [-0.2, -0.15) is 0 Å². The van der Waals surface area contributed by atoms with Gasteiger partial charge in [0.05, 0.1) is 11.9 Å². The van der Waals surface area contributed by atoms with E-state index in [0.29, 0.717) is 24.1 Å². The molecule has 0 bridgehead atoms. The lowest BCUT2D eigenvalue weighted by Gasteiger charge is -2.36. The summed E-state index contributed by atoms with van der Waals surface area (Å²) in [5.74, 6) is -5.51. The molecule has 0 aliphatic carbocycles. The predicted octanol–water partition coefficient (Wildman–Crippen LogP) is 8.46. The Morgan fingerprint density at radius 3 is 1.30 bits per heavy atom. The zero-order valence-electron chi connectivity index (χ0n) is 51.1. The number of carbonyl (C=O) groups is 8. The number of rotatable bonds is 30. The van der Waals surface area contributed by atoms with E-state index in [4.69, 9.17) is 20.4 Å². The first kappa shape index (κ1) is 69.0. The van der Waals surface area contributed by atoms with Crippen LogP contribution in [0.1, 0.15) is 111 Å². The maximum Gasteiger partial charge on any atom is 0.328 e. The van der Waals surface area contributed by atoms with Gasteiger partial charge in [-0.3, -0.25) is 33.6 Å². The fourth-order valence-electron chi connectivity index (χ4n) is 9.87. The van der Waals surface area contributed by atoms with Crippen LogP contribution in [0, 0.1) is 19.8 Å². The van der Waals surface area contributed by atoms with Crippen molar-refractivity contribution in [2.75, 3.05) is 18.6 Å². The summed E-state index contributed by atoms with van der Waals surface area (Å²) < 4.78 is 4.29. The number of carboxylic acid groups (broad SMARTS) is 1. The lowest BCUT2D eigenvalue weighted by atomic mass is 9.84. The van der Waals surface area contributed by atoms with Crippen LogP contribution in [0.4, 0.5) is 5.69 Å². The average molecular weight is 1200 g/mol. The van der Waals surface area contributed by atoms with E-state index in [2.05, 4.69) is 31.9 Å². The number of nitrogen functional groups attached to an aromatic ring is 1. The quantitative estimate of drug-likeness (QED) is 0.00914. The molecule has 0 fully saturated rings. The maximum atomic E-state index is 14.9. The number of ether oxygens (including phenoxy) is 1. The number of nitrogens with one attached hydrogen (secondary N) is 6. The third-order valence-electron chi connectivity index (χ3n) is 14.8. The molecule has 7 unspecified atom stereocenters. The Labute approximate surface area is 516 Å². The number of benzene rings is 6. The minimum atomic E-state index is -1.28. The Morgan fingerprint density at radius 2 is 0.885 bits per heavy atom. The van der Waals surface area contributed by atoms with Crippen LogP contribution >= 0.6 is 11.8 Å². The second kappa shape index (κ2) is 35.0. The smallest absolute Gasteiger partial charge is 0.328 e. The van der Waals surface area contributed by atoms with Gasteiger partial charge in [0.1, 0.15) is 36.3 Å². The van der Waals surface area contributed by atoms with Crippen molar-refractivity contribution < 1.29 is 48.2 Å². The highest BCUT2D eigenvalue weighted by molar-refractivity contribution is 8.00. The second-order valence-electron chi connectivity index (χ2n) is 21.8. The number of carboxylic acids is 1. The molecule has 0 radical (unpaired) electrons. The molecule has 0 spiro atoms. The second-order valence-corrected chi connectivity index (χ2v) is 23.1. The van der Waals surface area contributed by atoms with E-state index in [-0.39, 0.29) is 31.4 Å². The highest BCUT2D eigenvalue weighted by Gasteiger charge is 2.40. The summed E-state index contributed by atoms with van der Waals surface area (Å²) in [6.07, 6.45) is 2.90. The van der Waals surface area contributed by atoms with Crippen molar-refractivity contribution >= 4 is 64.8 Å². The van der Waals surface area contributed by atoms with E-state index in [1.54, 1.807) is 24.3 Å². The van der Waals surface area contributed by atoms with Gasteiger partial charge in [0, 0.05) is 44.6 Å². The average Bonchev–Trinajstić information content (AvgIpc) is 0.959. The third kappa shape index (κ3) is 21.6. The fourth-order valence-corrected chi connectivity index (χ4v) is 11.4. The molecule has 0 aliphatic rings. The Kier molecular flexibility index (Phi) is 27.8. The predicted molar refractivity (Wildman–Crippen MR) is 342 cm³/mol. The number of aryl methyl sites for hydroxylation is 2. The van der Waals surface area contributed by atoms with Crippen LogP contribution in [0.2, 0.25) is 0 Å². The van der Waals surface area contributed by atoms with Crippen molar-refractivity contribution in [1.29, 1.82) is 0 Å². The van der Waals surface area contributed by atoms with Crippen LogP contribution in [-0.2, 0) is 67.1 Å². The van der Waals surface area contributed by atoms with Crippen molar-refractivity contribution in [2.24, 2.45) is 5.92 Å². The number of hydrogen-bond acceptors (Lipinski definition) is 11. The van der Waals surface area contributed by atoms with Crippen molar-refractivity contribution in [3.63, 3.8) is 0 Å². The van der Waals surface area contributed by atoms with Crippen LogP contribution in [0.25, 0.3) is 0 Å². The molecule has 18 heteroatoms. The number of methoxy groups -OCH3 is 1. The Hall–Kier alpha value is -8.77. The summed E-state index contributed by atoms with van der Waals surface area (Å²) in [5.41, 5.74) is 13.7. The largest absolute Gasteiger partial charge is 0.481 e. The molecule has 6 aromatic carbocycles. The standard InChI is InChI=1S/C67H81N7O8S.C2H4O2/c1-8-10-14-27-55(61(76)71-56(40-48-32-28-44(3)29-33-48)63(78)73-58(66(81)82-7)42-49-34-30-45(4)31-35-49)70-62(77)57(41-50-36-38-54(68)39-37-50)72-65(80)60(46(5)9-2)74-64(79)59(69-47(6)75)43-83-67(51-21-15-11-16-22-51,52-23-17-12-18-24-52)53-25-19-13-20-26-53;1-2(3)4/h11-13,15-26,28-39,46,55-60H,8-10,14,27,40-43,68H2,1-7H3,(H,69,75)(H,70,77)(H,71,76)(H,72,80)(H,73,78)(H,74,79);1H3,(H,3,4). The maximum absolute atomic E-state index is 14.9. The van der Waals surface area contributed by atoms with E-state index in [0.717, 1.165) is 58.7 Å². The number of nitrogens with two attached hydrogens (primary N) is 1. The van der Waals surface area contributed by atoms with Crippen LogP contribution in [0.15, 0.2) is 164 Å². The summed E-state index contributed by atoms with van der Waals surface area (Å²) >= 11 is 1.49. The number of esters is 1. The highest BCUT2D eigenvalue weighted by Crippen LogP contribution is 2.48. The van der Waals surface area contributed by atoms with Gasteiger partial charge in [-0.05, 0) is 71.7 Å². The van der Waals surface area contributed by atoms with Gasteiger partial charge < -0.3 is 47.5 Å². The van der Waals surface area contributed by atoms with Crippen LogP contribution in [0.3, 0.4) is 0 Å². The monoisotopic (exact) mass is 1200 g/mol. The molecule has 0 heterocycles. The molecule has 0 aromatic heterocycles. The first-order valence-electron chi connectivity index (χ1n) is 29.5. The molecular weight excluding hydrogens is 1120 g/mol. The highest BCUT2D eigenvalue weighted by atomic mass is 32.2. The van der Waals surface area contributed by atoms with Crippen molar-refractivity contribution in [3.05, 3.63) is 208 Å². The molecule has 87 heavy (non-hydrogen) atoms. The molecule has 0 saturated heterocycles. The van der Waals surface area contributed by atoms with Crippen LogP contribution < -0.4 is 37.6 Å². The van der Waals surface area contributed by atoms with E-state index in [9.17, 15) is 33.6 Å². The minimum Gasteiger partial charge on any atom is -0.481 e. The van der Waals surface area contributed by atoms with Gasteiger partial charge in [-0.1, -0.05) is 209 Å². The van der Waals surface area contributed by atoms with Gasteiger partial charge >= 0.3 is 5.97 Å². The summed E-state index contributed by atoms with van der Waals surface area (Å²) in [6, 6.07) is 44.8. The van der Waals surface area contributed by atoms with E-state index < -0.39 is 94.3 Å². The first-order chi connectivity index (χ1) is 41.7. The number of unbranched alkanes of at least 4 members (excludes halogenated alkanes) is 2. The molecule has 6 amide bonds. The SMILES string of the molecule is CC(=O)O.CCCCCC(NC(=O)C(Cc1ccc(N)cc1)NC(=O)C(NC(=O)C(CSC(c1ccccc1)(c1ccccc1)c1ccccc1)NC(C)=O)C(C)CC)C(=O)NC(Cc1ccc(C)cc1)C(=O)NC(Cc1ccc(C)cc1)C(=O)OC. The van der Waals surface area contributed by atoms with E-state index >= 15 is 0 Å². The van der Waals surface area contributed by atoms with Crippen molar-refractivity contribution in [2.45, 2.75) is 141 Å². The number of carbonyl (C=O) groups excluding carboxylic acids is 7. The normalized spacial score (nSPS) is 13.4.